The molecule has 0 aliphatic heterocycles. The molecule has 0 aromatic rings. The van der Waals surface area contributed by atoms with Crippen molar-refractivity contribution in [3.05, 3.63) is 0 Å². The SMILES string of the molecule is CCCCCCCCCCCCCC(=O)O[C@H](COC(=O)CCCCCCCCCCC)COP(=O)(O)OC[C@H](O)COP(=O)(O)OC[C@@H](COC(=O)CCCCCCCCCCC(C)CC)OC(=O)CCCCCCCCCCCCCCCCCCCCC(C)C. The van der Waals surface area contributed by atoms with E-state index in [4.69, 9.17) is 37.0 Å². The molecule has 0 aromatic heterocycles. The van der Waals surface area contributed by atoms with Gasteiger partial charge in [-0.2, -0.15) is 0 Å². The van der Waals surface area contributed by atoms with Crippen LogP contribution in [0.2, 0.25) is 0 Å². The molecule has 0 spiro atoms. The highest BCUT2D eigenvalue weighted by molar-refractivity contribution is 7.47. The molecule has 0 fully saturated rings. The molecule has 0 bridgehead atoms. The Morgan fingerprint density at radius 3 is 0.817 bits per heavy atom. The molecule has 19 heteroatoms. The van der Waals surface area contributed by atoms with Crippen LogP contribution in [-0.4, -0.2) is 96.7 Å². The Morgan fingerprint density at radius 1 is 0.312 bits per heavy atom. The fourth-order valence-corrected chi connectivity index (χ4v) is 12.8. The van der Waals surface area contributed by atoms with Crippen LogP contribution in [0.3, 0.4) is 0 Å². The van der Waals surface area contributed by atoms with E-state index in [9.17, 15) is 43.2 Å². The van der Waals surface area contributed by atoms with Crippen LogP contribution in [0, 0.1) is 11.8 Å². The lowest BCUT2D eigenvalue weighted by Gasteiger charge is -2.21. The lowest BCUT2D eigenvalue weighted by Crippen LogP contribution is -2.30. The van der Waals surface area contributed by atoms with Gasteiger partial charge in [0.2, 0.25) is 0 Å². The van der Waals surface area contributed by atoms with Gasteiger partial charge in [-0.15, -0.1) is 0 Å². The van der Waals surface area contributed by atoms with Crippen molar-refractivity contribution in [2.75, 3.05) is 39.6 Å². The second-order valence-electron chi connectivity index (χ2n) is 27.4. The maximum atomic E-state index is 13.1. The molecule has 0 aliphatic carbocycles. The summed E-state index contributed by atoms with van der Waals surface area (Å²) in [5.41, 5.74) is 0. The van der Waals surface area contributed by atoms with Gasteiger partial charge in [0.25, 0.3) is 0 Å². The zero-order valence-electron chi connectivity index (χ0n) is 60.6. The normalized spacial score (nSPS) is 14.3. The van der Waals surface area contributed by atoms with E-state index >= 15 is 0 Å². The van der Waals surface area contributed by atoms with Gasteiger partial charge >= 0.3 is 39.5 Å². The number of rotatable bonds is 73. The molecule has 93 heavy (non-hydrogen) atoms. The summed E-state index contributed by atoms with van der Waals surface area (Å²) in [7, 11) is -9.90. The second-order valence-corrected chi connectivity index (χ2v) is 30.3. The largest absolute Gasteiger partial charge is 0.472 e. The van der Waals surface area contributed by atoms with Crippen molar-refractivity contribution in [1.82, 2.24) is 0 Å². The van der Waals surface area contributed by atoms with Crippen molar-refractivity contribution in [3.8, 4) is 0 Å². The molecule has 0 rings (SSSR count). The number of aliphatic hydroxyl groups is 1. The predicted molar refractivity (Wildman–Crippen MR) is 377 cm³/mol. The summed E-state index contributed by atoms with van der Waals surface area (Å²) < 4.78 is 68.4. The number of phosphoric acid groups is 2. The molecule has 17 nitrogen and oxygen atoms in total. The smallest absolute Gasteiger partial charge is 0.462 e. The van der Waals surface area contributed by atoms with Gasteiger partial charge in [0.05, 0.1) is 26.4 Å². The third kappa shape index (κ3) is 67.0. The van der Waals surface area contributed by atoms with Crippen LogP contribution in [0.5, 0.6) is 0 Å². The fourth-order valence-electron chi connectivity index (χ4n) is 11.3. The Balaban J connectivity index is 5.18. The highest BCUT2D eigenvalue weighted by Gasteiger charge is 2.30. The van der Waals surface area contributed by atoms with Gasteiger partial charge in [0.1, 0.15) is 19.3 Å². The van der Waals surface area contributed by atoms with Crippen LogP contribution in [0.4, 0.5) is 0 Å². The van der Waals surface area contributed by atoms with Crippen LogP contribution < -0.4 is 0 Å². The lowest BCUT2D eigenvalue weighted by molar-refractivity contribution is -0.161. The van der Waals surface area contributed by atoms with Gasteiger partial charge < -0.3 is 33.8 Å². The minimum Gasteiger partial charge on any atom is -0.462 e. The van der Waals surface area contributed by atoms with Crippen molar-refractivity contribution in [1.29, 1.82) is 0 Å². The van der Waals surface area contributed by atoms with Crippen molar-refractivity contribution in [2.24, 2.45) is 11.8 Å². The molecule has 552 valence electrons. The van der Waals surface area contributed by atoms with Crippen LogP contribution >= 0.6 is 15.6 Å². The molecule has 3 N–H and O–H groups in total. The molecule has 3 unspecified atom stereocenters. The summed E-state index contributed by atoms with van der Waals surface area (Å²) in [5.74, 6) is -0.522. The number of hydrogen-bond donors (Lipinski definition) is 3. The Kier molecular flexibility index (Phi) is 64.6. The van der Waals surface area contributed by atoms with Gasteiger partial charge in [0.15, 0.2) is 12.2 Å². The Morgan fingerprint density at radius 2 is 0.548 bits per heavy atom. The standard InChI is InChI=1S/C74H144O17P2/c1-7-10-12-14-16-18-27-32-40-46-52-58-73(78)90-69(62-84-71(76)56-50-44-38-30-17-15-13-11-8-2)64-88-92(80,81)86-60-68(75)61-87-93(82,83)89-65-70(63-85-72(77)57-51-45-39-35-34-37-43-49-55-67(6)9-3)91-74(79)59-53-47-41-33-29-26-24-22-20-19-21-23-25-28-31-36-42-48-54-66(4)5/h66-70,75H,7-65H2,1-6H3,(H,80,81)(H,82,83)/t67?,68-,69+,70+/m0/s1. The van der Waals surface area contributed by atoms with Gasteiger partial charge in [-0.05, 0) is 37.5 Å². The number of ether oxygens (including phenoxy) is 4. The zero-order valence-corrected chi connectivity index (χ0v) is 62.3. The second kappa shape index (κ2) is 66.0. The Labute approximate surface area is 568 Å². The van der Waals surface area contributed by atoms with E-state index in [1.165, 1.54) is 199 Å². The van der Waals surface area contributed by atoms with E-state index in [0.29, 0.717) is 25.7 Å². The van der Waals surface area contributed by atoms with E-state index < -0.39 is 97.5 Å². The number of carbonyl (C=O) groups excluding carboxylic acids is 4. The van der Waals surface area contributed by atoms with E-state index in [1.807, 2.05) is 0 Å². The highest BCUT2D eigenvalue weighted by Crippen LogP contribution is 2.45. The van der Waals surface area contributed by atoms with E-state index in [1.54, 1.807) is 0 Å². The average Bonchev–Trinajstić information content (AvgIpc) is 2.71. The lowest BCUT2D eigenvalue weighted by atomic mass is 9.99. The monoisotopic (exact) mass is 1370 g/mol. The number of esters is 4. The van der Waals surface area contributed by atoms with Gasteiger partial charge in [0, 0.05) is 25.7 Å². The van der Waals surface area contributed by atoms with Crippen molar-refractivity contribution >= 4 is 39.5 Å². The van der Waals surface area contributed by atoms with Crippen LogP contribution in [0.1, 0.15) is 382 Å². The molecular formula is C74H144O17P2. The Bertz CT molecular complexity index is 1810. The van der Waals surface area contributed by atoms with Crippen LogP contribution in [0.25, 0.3) is 0 Å². The van der Waals surface area contributed by atoms with Crippen molar-refractivity contribution in [3.63, 3.8) is 0 Å². The number of hydrogen-bond acceptors (Lipinski definition) is 15. The quantitative estimate of drug-likeness (QED) is 0.0222. The molecule has 0 aromatic carbocycles. The summed E-state index contributed by atoms with van der Waals surface area (Å²) in [4.78, 5) is 72.6. The number of carbonyl (C=O) groups is 4. The van der Waals surface area contributed by atoms with E-state index in [0.717, 1.165) is 102 Å². The maximum Gasteiger partial charge on any atom is 0.472 e. The minimum atomic E-state index is -4.95. The third-order valence-electron chi connectivity index (χ3n) is 17.6. The fraction of sp³-hybridized carbons (Fsp3) is 0.946. The zero-order chi connectivity index (χ0) is 68.6. The minimum absolute atomic E-state index is 0.107. The number of phosphoric ester groups is 2. The average molecular weight is 1370 g/mol. The topological polar surface area (TPSA) is 237 Å². The first-order valence-corrected chi connectivity index (χ1v) is 41.5. The molecular weight excluding hydrogens is 1220 g/mol. The number of aliphatic hydroxyl groups excluding tert-OH is 1. The first-order valence-electron chi connectivity index (χ1n) is 38.5. The summed E-state index contributed by atoms with van der Waals surface area (Å²) >= 11 is 0. The van der Waals surface area contributed by atoms with E-state index in [-0.39, 0.29) is 25.7 Å². The third-order valence-corrected chi connectivity index (χ3v) is 19.5. The first-order chi connectivity index (χ1) is 44.9. The first kappa shape index (κ1) is 91.1. The highest BCUT2D eigenvalue weighted by atomic mass is 31.2. The molecule has 0 aliphatic rings. The molecule has 6 atom stereocenters. The summed E-state index contributed by atoms with van der Waals surface area (Å²) in [6.07, 6.45) is 52.7. The van der Waals surface area contributed by atoms with Crippen LogP contribution in [-0.2, 0) is 65.4 Å². The molecule has 0 heterocycles. The summed E-state index contributed by atoms with van der Waals surface area (Å²) in [6.45, 7) is 9.60. The van der Waals surface area contributed by atoms with Gasteiger partial charge in [-0.25, -0.2) is 9.13 Å². The molecule has 0 amide bonds. The predicted octanol–water partition coefficient (Wildman–Crippen LogP) is 21.6. The van der Waals surface area contributed by atoms with Crippen molar-refractivity contribution in [2.45, 2.75) is 400 Å². The van der Waals surface area contributed by atoms with Crippen molar-refractivity contribution < 1.29 is 80.2 Å². The van der Waals surface area contributed by atoms with Gasteiger partial charge in [-0.3, -0.25) is 37.3 Å². The maximum absolute atomic E-state index is 13.1. The molecule has 0 radical (unpaired) electrons. The summed E-state index contributed by atoms with van der Waals surface area (Å²) in [6, 6.07) is 0. The molecule has 0 saturated carbocycles. The Hall–Kier alpha value is -1.94. The number of unbranched alkanes of at least 4 members (excludes halogenated alkanes) is 42. The van der Waals surface area contributed by atoms with Crippen LogP contribution in [0.15, 0.2) is 0 Å². The van der Waals surface area contributed by atoms with E-state index in [2.05, 4.69) is 41.5 Å². The summed E-state index contributed by atoms with van der Waals surface area (Å²) in [5, 5.41) is 10.6. The molecule has 0 saturated heterocycles. The van der Waals surface area contributed by atoms with Gasteiger partial charge in [-0.1, -0.05) is 330 Å².